The van der Waals surface area contributed by atoms with E-state index in [1.165, 1.54) is 0 Å². The molecule has 2 aliphatic rings. The van der Waals surface area contributed by atoms with E-state index in [-0.39, 0.29) is 6.10 Å². The summed E-state index contributed by atoms with van der Waals surface area (Å²) in [5.74, 6) is 1.67. The van der Waals surface area contributed by atoms with E-state index in [9.17, 15) is 0 Å². The SMILES string of the molecule is COc1ccccc1NC(=S)N/N=C1\CCC[C@H]2Oc3ccccc3C=C12. The van der Waals surface area contributed by atoms with Gasteiger partial charge in [-0.1, -0.05) is 30.3 Å². The molecule has 1 fully saturated rings. The van der Waals surface area contributed by atoms with Gasteiger partial charge in [-0.25, -0.2) is 0 Å². The number of rotatable bonds is 3. The minimum atomic E-state index is 0.0601. The molecule has 5 nitrogen and oxygen atoms in total. The van der Waals surface area contributed by atoms with E-state index in [2.05, 4.69) is 28.0 Å². The highest BCUT2D eigenvalue weighted by Gasteiger charge is 2.29. The van der Waals surface area contributed by atoms with Crippen molar-refractivity contribution in [3.8, 4) is 11.5 Å². The Morgan fingerprint density at radius 1 is 1.19 bits per heavy atom. The van der Waals surface area contributed by atoms with Crippen molar-refractivity contribution in [1.29, 1.82) is 0 Å². The van der Waals surface area contributed by atoms with Crippen LogP contribution >= 0.6 is 12.2 Å². The number of para-hydroxylation sites is 3. The lowest BCUT2D eigenvalue weighted by Crippen LogP contribution is -2.33. The number of fused-ring (bicyclic) bond motifs is 2. The summed E-state index contributed by atoms with van der Waals surface area (Å²) in [6.07, 6.45) is 5.18. The molecule has 27 heavy (non-hydrogen) atoms. The molecule has 138 valence electrons. The number of nitrogens with one attached hydrogen (secondary N) is 2. The van der Waals surface area contributed by atoms with Crippen LogP contribution in [0.25, 0.3) is 6.08 Å². The van der Waals surface area contributed by atoms with Crippen LogP contribution in [0.1, 0.15) is 24.8 Å². The fourth-order valence-corrected chi connectivity index (χ4v) is 3.56. The van der Waals surface area contributed by atoms with Gasteiger partial charge in [-0.2, -0.15) is 5.10 Å². The molecule has 1 aliphatic heterocycles. The van der Waals surface area contributed by atoms with Gasteiger partial charge in [0.25, 0.3) is 0 Å². The molecule has 0 unspecified atom stereocenters. The fraction of sp³-hybridized carbons (Fsp3) is 0.238. The summed E-state index contributed by atoms with van der Waals surface area (Å²) < 4.78 is 11.5. The van der Waals surface area contributed by atoms with Gasteiger partial charge < -0.3 is 14.8 Å². The van der Waals surface area contributed by atoms with E-state index >= 15 is 0 Å². The van der Waals surface area contributed by atoms with Crippen LogP contribution in [0.5, 0.6) is 11.5 Å². The second kappa shape index (κ2) is 7.80. The van der Waals surface area contributed by atoms with Crippen LogP contribution < -0.4 is 20.2 Å². The summed E-state index contributed by atoms with van der Waals surface area (Å²) in [5, 5.41) is 8.12. The monoisotopic (exact) mass is 379 g/mol. The minimum Gasteiger partial charge on any atom is -0.495 e. The number of ether oxygens (including phenoxy) is 2. The molecule has 4 rings (SSSR count). The van der Waals surface area contributed by atoms with Crippen molar-refractivity contribution >= 4 is 34.8 Å². The molecular weight excluding hydrogens is 358 g/mol. The van der Waals surface area contributed by atoms with Gasteiger partial charge in [0.2, 0.25) is 0 Å². The Kier molecular flexibility index (Phi) is 5.07. The number of benzene rings is 2. The van der Waals surface area contributed by atoms with Crippen molar-refractivity contribution in [1.82, 2.24) is 5.43 Å². The Morgan fingerprint density at radius 3 is 2.89 bits per heavy atom. The fourth-order valence-electron chi connectivity index (χ4n) is 3.40. The van der Waals surface area contributed by atoms with Gasteiger partial charge >= 0.3 is 0 Å². The Morgan fingerprint density at radius 2 is 2.00 bits per heavy atom. The maximum Gasteiger partial charge on any atom is 0.191 e. The number of hydrogen-bond donors (Lipinski definition) is 2. The maximum atomic E-state index is 6.16. The van der Waals surface area contributed by atoms with Crippen molar-refractivity contribution < 1.29 is 9.47 Å². The van der Waals surface area contributed by atoms with Crippen molar-refractivity contribution in [3.63, 3.8) is 0 Å². The maximum absolute atomic E-state index is 6.16. The van der Waals surface area contributed by atoms with Gasteiger partial charge in [-0.15, -0.1) is 0 Å². The van der Waals surface area contributed by atoms with E-state index in [0.29, 0.717) is 5.11 Å². The van der Waals surface area contributed by atoms with Crippen LogP contribution in [0.3, 0.4) is 0 Å². The highest BCUT2D eigenvalue weighted by Crippen LogP contribution is 2.35. The molecule has 2 N–H and O–H groups in total. The van der Waals surface area contributed by atoms with Crippen molar-refractivity contribution in [2.75, 3.05) is 12.4 Å². The average molecular weight is 379 g/mol. The summed E-state index contributed by atoms with van der Waals surface area (Å²) in [6.45, 7) is 0. The highest BCUT2D eigenvalue weighted by molar-refractivity contribution is 7.80. The molecule has 0 amide bonds. The molecule has 0 aromatic heterocycles. The van der Waals surface area contributed by atoms with Gasteiger partial charge in [0.05, 0.1) is 18.5 Å². The average Bonchev–Trinajstić information content (AvgIpc) is 2.71. The molecule has 1 atom stereocenters. The number of anilines is 1. The van der Waals surface area contributed by atoms with Crippen molar-refractivity contribution in [3.05, 3.63) is 59.7 Å². The molecular formula is C21H21N3O2S. The van der Waals surface area contributed by atoms with E-state index in [4.69, 9.17) is 21.7 Å². The van der Waals surface area contributed by atoms with Crippen LogP contribution in [0, 0.1) is 0 Å². The van der Waals surface area contributed by atoms with Crippen molar-refractivity contribution in [2.45, 2.75) is 25.4 Å². The van der Waals surface area contributed by atoms with Gasteiger partial charge in [-0.3, -0.25) is 5.43 Å². The van der Waals surface area contributed by atoms with E-state index < -0.39 is 0 Å². The van der Waals surface area contributed by atoms with E-state index in [0.717, 1.165) is 53.3 Å². The van der Waals surface area contributed by atoms with Gasteiger partial charge in [0.15, 0.2) is 5.11 Å². The molecule has 1 saturated carbocycles. The topological polar surface area (TPSA) is 54.9 Å². The zero-order chi connectivity index (χ0) is 18.6. The zero-order valence-electron chi connectivity index (χ0n) is 15.1. The number of methoxy groups -OCH3 is 1. The third kappa shape index (κ3) is 3.80. The number of thiocarbonyl (C=S) groups is 1. The molecule has 0 bridgehead atoms. The zero-order valence-corrected chi connectivity index (χ0v) is 15.9. The first-order valence-corrected chi connectivity index (χ1v) is 9.39. The smallest absolute Gasteiger partial charge is 0.191 e. The highest BCUT2D eigenvalue weighted by atomic mass is 32.1. The molecule has 2 aromatic rings. The van der Waals surface area contributed by atoms with Crippen LogP contribution in [0.4, 0.5) is 5.69 Å². The third-order valence-electron chi connectivity index (χ3n) is 4.71. The second-order valence-corrected chi connectivity index (χ2v) is 6.87. The summed E-state index contributed by atoms with van der Waals surface area (Å²) in [4.78, 5) is 0. The lowest BCUT2D eigenvalue weighted by molar-refractivity contribution is 0.220. The molecule has 0 saturated heterocycles. The van der Waals surface area contributed by atoms with Crippen molar-refractivity contribution in [2.24, 2.45) is 5.10 Å². The first-order chi connectivity index (χ1) is 13.2. The molecule has 0 radical (unpaired) electrons. The van der Waals surface area contributed by atoms with Crippen LogP contribution in [-0.2, 0) is 0 Å². The van der Waals surface area contributed by atoms with Gasteiger partial charge in [0.1, 0.15) is 17.6 Å². The standard InChI is InChI=1S/C21H21N3O2S/c1-25-20-11-5-3-8-17(20)22-21(27)24-23-16-9-6-12-19-15(16)13-14-7-2-4-10-18(14)26-19/h2-5,7-8,10-11,13,19H,6,9,12H2,1H3,(H2,22,24,27)/b23-16+/t19-/m1/s1. The summed E-state index contributed by atoms with van der Waals surface area (Å²) >= 11 is 5.39. The lowest BCUT2D eigenvalue weighted by Gasteiger charge is -2.31. The van der Waals surface area contributed by atoms with Gasteiger partial charge in [0, 0.05) is 11.1 Å². The third-order valence-corrected chi connectivity index (χ3v) is 4.90. The number of hydrogen-bond acceptors (Lipinski definition) is 4. The quantitative estimate of drug-likeness (QED) is 0.613. The Labute approximate surface area is 164 Å². The predicted molar refractivity (Wildman–Crippen MR) is 112 cm³/mol. The molecule has 1 aliphatic carbocycles. The molecule has 6 heteroatoms. The Hall–Kier alpha value is -2.86. The first kappa shape index (κ1) is 17.5. The Balaban J connectivity index is 1.50. The number of hydrazone groups is 1. The summed E-state index contributed by atoms with van der Waals surface area (Å²) in [6, 6.07) is 15.7. The summed E-state index contributed by atoms with van der Waals surface area (Å²) in [5.41, 5.74) is 6.98. The molecule has 2 aromatic carbocycles. The van der Waals surface area contributed by atoms with E-state index in [1.54, 1.807) is 7.11 Å². The van der Waals surface area contributed by atoms with E-state index in [1.807, 2.05) is 42.5 Å². The number of nitrogens with zero attached hydrogens (tertiary/aromatic N) is 1. The second-order valence-electron chi connectivity index (χ2n) is 6.46. The minimum absolute atomic E-state index is 0.0601. The predicted octanol–water partition coefficient (Wildman–Crippen LogP) is 4.37. The molecule has 1 heterocycles. The summed E-state index contributed by atoms with van der Waals surface area (Å²) in [7, 11) is 1.63. The van der Waals surface area contributed by atoms with Crippen LogP contribution in [-0.4, -0.2) is 24.0 Å². The lowest BCUT2D eigenvalue weighted by atomic mass is 9.87. The normalized spacial score (nSPS) is 19.2. The van der Waals surface area contributed by atoms with Crippen LogP contribution in [0.2, 0.25) is 0 Å². The largest absolute Gasteiger partial charge is 0.495 e. The first-order valence-electron chi connectivity index (χ1n) is 8.99. The van der Waals surface area contributed by atoms with Crippen LogP contribution in [0.15, 0.2) is 59.2 Å². The molecule has 0 spiro atoms. The van der Waals surface area contributed by atoms with Gasteiger partial charge in [-0.05, 0) is 55.8 Å². The Bertz CT molecular complexity index is 923.